The Bertz CT molecular complexity index is 404. The van der Waals surface area contributed by atoms with Crippen LogP contribution in [0, 0.1) is 11.8 Å². The molecule has 0 saturated heterocycles. The number of carbonyl (C=O) groups excluding carboxylic acids is 1. The summed E-state index contributed by atoms with van der Waals surface area (Å²) >= 11 is 1.24. The summed E-state index contributed by atoms with van der Waals surface area (Å²) < 4.78 is 0. The van der Waals surface area contributed by atoms with E-state index in [9.17, 15) is 4.79 Å². The first-order chi connectivity index (χ1) is 8.08. The molecule has 0 radical (unpaired) electrons. The van der Waals surface area contributed by atoms with Gasteiger partial charge in [0, 0.05) is 6.04 Å². The first-order valence-electron chi connectivity index (χ1n) is 6.10. The van der Waals surface area contributed by atoms with Crippen LogP contribution in [0.15, 0.2) is 6.20 Å². The third kappa shape index (κ3) is 2.77. The number of aromatic nitrogens is 1. The van der Waals surface area contributed by atoms with E-state index in [4.69, 9.17) is 5.73 Å². The standard InChI is InChI=1S/C12H19N3OS/c1-7-4-3-5-9(8(7)2)15-11(16)10-6-14-12(13)17-10/h6-9H,3-5H2,1-2H3,(H2,13,14)(H,15,16). The Kier molecular flexibility index (Phi) is 3.66. The fourth-order valence-corrected chi connectivity index (χ4v) is 3.01. The second-order valence-corrected chi connectivity index (χ2v) is 5.97. The van der Waals surface area contributed by atoms with Gasteiger partial charge in [-0.15, -0.1) is 0 Å². The van der Waals surface area contributed by atoms with Crippen molar-refractivity contribution >= 4 is 22.4 Å². The van der Waals surface area contributed by atoms with Crippen molar-refractivity contribution < 1.29 is 4.79 Å². The maximum atomic E-state index is 12.0. The number of nitrogens with zero attached hydrogens (tertiary/aromatic N) is 1. The second kappa shape index (κ2) is 5.04. The summed E-state index contributed by atoms with van der Waals surface area (Å²) in [5, 5.41) is 3.55. The largest absolute Gasteiger partial charge is 0.375 e. The van der Waals surface area contributed by atoms with E-state index in [2.05, 4.69) is 24.1 Å². The molecule has 3 N–H and O–H groups in total. The lowest BCUT2D eigenvalue weighted by Crippen LogP contribution is -2.43. The number of nitrogens with one attached hydrogen (secondary N) is 1. The van der Waals surface area contributed by atoms with Gasteiger partial charge in [0.2, 0.25) is 0 Å². The maximum absolute atomic E-state index is 12.0. The lowest BCUT2D eigenvalue weighted by atomic mass is 9.78. The molecule has 1 aliphatic carbocycles. The van der Waals surface area contributed by atoms with Gasteiger partial charge in [-0.2, -0.15) is 0 Å². The molecule has 1 fully saturated rings. The Balaban J connectivity index is 1.98. The first-order valence-corrected chi connectivity index (χ1v) is 6.91. The third-order valence-corrected chi connectivity index (χ3v) is 4.60. The molecule has 3 unspecified atom stereocenters. The summed E-state index contributed by atoms with van der Waals surface area (Å²) in [6.45, 7) is 4.48. The molecule has 1 saturated carbocycles. The van der Waals surface area contributed by atoms with E-state index < -0.39 is 0 Å². The van der Waals surface area contributed by atoms with E-state index in [1.807, 2.05) is 0 Å². The van der Waals surface area contributed by atoms with Crippen LogP contribution in [-0.4, -0.2) is 16.9 Å². The Labute approximate surface area is 106 Å². The predicted octanol–water partition coefficient (Wildman–Crippen LogP) is 2.28. The Hall–Kier alpha value is -1.10. The summed E-state index contributed by atoms with van der Waals surface area (Å²) in [6, 6.07) is 0.287. The lowest BCUT2D eigenvalue weighted by molar-refractivity contribution is 0.0895. The third-order valence-electron chi connectivity index (χ3n) is 3.77. The molecule has 94 valence electrons. The molecule has 0 spiro atoms. The fourth-order valence-electron chi connectivity index (χ4n) is 2.42. The van der Waals surface area contributed by atoms with Crippen LogP contribution in [0.4, 0.5) is 5.13 Å². The van der Waals surface area contributed by atoms with Gasteiger partial charge in [0.25, 0.3) is 5.91 Å². The number of hydrogen-bond donors (Lipinski definition) is 2. The average molecular weight is 253 g/mol. The highest BCUT2D eigenvalue weighted by molar-refractivity contribution is 7.17. The molecule has 0 bridgehead atoms. The van der Waals surface area contributed by atoms with Gasteiger partial charge in [0.15, 0.2) is 5.13 Å². The van der Waals surface area contributed by atoms with Gasteiger partial charge in [-0.05, 0) is 18.3 Å². The van der Waals surface area contributed by atoms with Crippen molar-refractivity contribution in [3.63, 3.8) is 0 Å². The van der Waals surface area contributed by atoms with E-state index in [1.165, 1.54) is 24.2 Å². The van der Waals surface area contributed by atoms with Crippen molar-refractivity contribution in [2.75, 3.05) is 5.73 Å². The van der Waals surface area contributed by atoms with Gasteiger partial charge in [0.1, 0.15) is 4.88 Å². The number of hydrogen-bond acceptors (Lipinski definition) is 4. The van der Waals surface area contributed by atoms with Gasteiger partial charge >= 0.3 is 0 Å². The number of amides is 1. The van der Waals surface area contributed by atoms with Crippen LogP contribution in [0.25, 0.3) is 0 Å². The molecule has 5 heteroatoms. The second-order valence-electron chi connectivity index (χ2n) is 4.91. The maximum Gasteiger partial charge on any atom is 0.263 e. The van der Waals surface area contributed by atoms with Gasteiger partial charge in [-0.1, -0.05) is 38.0 Å². The summed E-state index contributed by atoms with van der Waals surface area (Å²) in [5.74, 6) is 1.18. The highest BCUT2D eigenvalue weighted by atomic mass is 32.1. The predicted molar refractivity (Wildman–Crippen MR) is 70.0 cm³/mol. The summed E-state index contributed by atoms with van der Waals surface area (Å²) in [5.41, 5.74) is 5.53. The monoisotopic (exact) mass is 253 g/mol. The van der Waals surface area contributed by atoms with Crippen LogP contribution in [0.1, 0.15) is 42.8 Å². The van der Waals surface area contributed by atoms with Crippen LogP contribution in [0.2, 0.25) is 0 Å². The molecule has 2 rings (SSSR count). The van der Waals surface area contributed by atoms with Crippen LogP contribution in [0.5, 0.6) is 0 Å². The number of carbonyl (C=O) groups is 1. The van der Waals surface area contributed by atoms with Gasteiger partial charge in [-0.25, -0.2) is 4.98 Å². The Morgan fingerprint density at radius 3 is 2.94 bits per heavy atom. The zero-order chi connectivity index (χ0) is 12.4. The van der Waals surface area contributed by atoms with Crippen molar-refractivity contribution in [2.45, 2.75) is 39.2 Å². The van der Waals surface area contributed by atoms with Crippen molar-refractivity contribution in [3.8, 4) is 0 Å². The van der Waals surface area contributed by atoms with E-state index in [-0.39, 0.29) is 11.9 Å². The highest BCUT2D eigenvalue weighted by Gasteiger charge is 2.28. The van der Waals surface area contributed by atoms with E-state index >= 15 is 0 Å². The van der Waals surface area contributed by atoms with E-state index in [0.29, 0.717) is 21.8 Å². The highest BCUT2D eigenvalue weighted by Crippen LogP contribution is 2.29. The molecule has 3 atom stereocenters. The summed E-state index contributed by atoms with van der Waals surface area (Å²) in [6.07, 6.45) is 5.08. The normalized spacial score (nSPS) is 28.9. The van der Waals surface area contributed by atoms with Crippen molar-refractivity contribution in [2.24, 2.45) is 11.8 Å². The minimum Gasteiger partial charge on any atom is -0.375 e. The number of anilines is 1. The lowest BCUT2D eigenvalue weighted by Gasteiger charge is -2.34. The molecule has 0 aliphatic heterocycles. The van der Waals surface area contributed by atoms with Crippen molar-refractivity contribution in [1.29, 1.82) is 0 Å². The molecule has 17 heavy (non-hydrogen) atoms. The smallest absolute Gasteiger partial charge is 0.263 e. The SMILES string of the molecule is CC1CCCC(NC(=O)c2cnc(N)s2)C1C. The van der Waals surface area contributed by atoms with Crippen molar-refractivity contribution in [1.82, 2.24) is 10.3 Å². The average Bonchev–Trinajstić information content (AvgIpc) is 2.72. The van der Waals surface area contributed by atoms with E-state index in [0.717, 1.165) is 6.42 Å². The number of thiazole rings is 1. The zero-order valence-electron chi connectivity index (χ0n) is 10.3. The van der Waals surface area contributed by atoms with Gasteiger partial charge in [0.05, 0.1) is 6.20 Å². The molecule has 1 aliphatic rings. The van der Waals surface area contributed by atoms with Crippen molar-refractivity contribution in [3.05, 3.63) is 11.1 Å². The van der Waals surface area contributed by atoms with Crippen LogP contribution >= 0.6 is 11.3 Å². The molecule has 1 amide bonds. The van der Waals surface area contributed by atoms with Gasteiger partial charge < -0.3 is 11.1 Å². The quantitative estimate of drug-likeness (QED) is 0.849. The molecular weight excluding hydrogens is 234 g/mol. The van der Waals surface area contributed by atoms with Crippen LogP contribution < -0.4 is 11.1 Å². The van der Waals surface area contributed by atoms with Crippen LogP contribution in [0.3, 0.4) is 0 Å². The molecule has 4 nitrogen and oxygen atoms in total. The topological polar surface area (TPSA) is 68.0 Å². The molecule has 1 aromatic heterocycles. The van der Waals surface area contributed by atoms with E-state index in [1.54, 1.807) is 6.20 Å². The molecule has 0 aromatic carbocycles. The fraction of sp³-hybridized carbons (Fsp3) is 0.667. The molecular formula is C12H19N3OS. The molecule has 1 heterocycles. The Morgan fingerprint density at radius 2 is 2.29 bits per heavy atom. The molecule has 1 aromatic rings. The zero-order valence-corrected chi connectivity index (χ0v) is 11.1. The van der Waals surface area contributed by atoms with Crippen LogP contribution in [-0.2, 0) is 0 Å². The Morgan fingerprint density at radius 1 is 1.53 bits per heavy atom. The summed E-state index contributed by atoms with van der Waals surface area (Å²) in [4.78, 5) is 16.5. The number of nitrogens with two attached hydrogens (primary N) is 1. The first kappa shape index (κ1) is 12.4. The number of rotatable bonds is 2. The summed E-state index contributed by atoms with van der Waals surface area (Å²) in [7, 11) is 0. The minimum absolute atomic E-state index is 0.0369. The van der Waals surface area contributed by atoms with Gasteiger partial charge in [-0.3, -0.25) is 4.79 Å². The minimum atomic E-state index is -0.0369. The number of nitrogen functional groups attached to an aromatic ring is 1.